The molecule has 0 spiro atoms. The van der Waals surface area contributed by atoms with Crippen LogP contribution in [0.2, 0.25) is 0 Å². The van der Waals surface area contributed by atoms with Gasteiger partial charge in [-0.25, -0.2) is 9.78 Å². The van der Waals surface area contributed by atoms with Crippen LogP contribution in [0.4, 0.5) is 0 Å². The number of carbonyl (C=O) groups excluding carboxylic acids is 1. The van der Waals surface area contributed by atoms with Gasteiger partial charge in [0.1, 0.15) is 11.5 Å². The molecule has 3 rings (SSSR count). The lowest BCUT2D eigenvalue weighted by molar-refractivity contribution is -0.163. The van der Waals surface area contributed by atoms with Crippen molar-refractivity contribution in [3.05, 3.63) is 24.4 Å². The molecular formula is C19H27NO3S2. The fourth-order valence-electron chi connectivity index (χ4n) is 3.57. The van der Waals surface area contributed by atoms with Crippen molar-refractivity contribution >= 4 is 29.5 Å². The van der Waals surface area contributed by atoms with Gasteiger partial charge in [0, 0.05) is 11.9 Å². The molecule has 1 aromatic rings. The van der Waals surface area contributed by atoms with E-state index in [1.807, 2.05) is 18.2 Å². The van der Waals surface area contributed by atoms with E-state index in [2.05, 4.69) is 25.8 Å². The van der Waals surface area contributed by atoms with Crippen LogP contribution in [0.3, 0.4) is 0 Å². The molecule has 1 saturated heterocycles. The zero-order valence-corrected chi connectivity index (χ0v) is 16.7. The van der Waals surface area contributed by atoms with Gasteiger partial charge in [0.2, 0.25) is 5.44 Å². The molecule has 1 aliphatic carbocycles. The molecule has 2 fully saturated rings. The van der Waals surface area contributed by atoms with Crippen molar-refractivity contribution in [1.82, 2.24) is 4.98 Å². The maximum Gasteiger partial charge on any atom is 0.346 e. The Morgan fingerprint density at radius 1 is 1.40 bits per heavy atom. The molecule has 0 amide bonds. The smallest absolute Gasteiger partial charge is 0.346 e. The van der Waals surface area contributed by atoms with Gasteiger partial charge in [-0.1, -0.05) is 45.0 Å². The number of pyridine rings is 1. The minimum absolute atomic E-state index is 0.0305. The van der Waals surface area contributed by atoms with E-state index < -0.39 is 5.44 Å². The fourth-order valence-corrected chi connectivity index (χ4v) is 5.68. The quantitative estimate of drug-likeness (QED) is 0.695. The number of hydrogen-bond acceptors (Lipinski definition) is 6. The predicted molar refractivity (Wildman–Crippen MR) is 102 cm³/mol. The van der Waals surface area contributed by atoms with Crippen LogP contribution in [-0.4, -0.2) is 33.7 Å². The van der Waals surface area contributed by atoms with Crippen LogP contribution in [0, 0.1) is 17.8 Å². The Bertz CT molecular complexity index is 569. The Morgan fingerprint density at radius 2 is 2.24 bits per heavy atom. The van der Waals surface area contributed by atoms with Gasteiger partial charge in [0.15, 0.2) is 0 Å². The minimum Gasteiger partial charge on any atom is -0.459 e. The molecule has 0 bridgehead atoms. The third kappa shape index (κ3) is 5.14. The summed E-state index contributed by atoms with van der Waals surface area (Å²) in [6, 6.07) is 5.81. The number of nitrogens with zero attached hydrogens (tertiary/aromatic N) is 1. The van der Waals surface area contributed by atoms with Crippen LogP contribution in [0.15, 0.2) is 29.4 Å². The lowest BCUT2D eigenvalue weighted by atomic mass is 9.75. The Labute approximate surface area is 158 Å². The highest BCUT2D eigenvalue weighted by Crippen LogP contribution is 2.38. The fraction of sp³-hybridized carbons (Fsp3) is 0.684. The highest BCUT2D eigenvalue weighted by molar-refractivity contribution is 8.04. The van der Waals surface area contributed by atoms with Gasteiger partial charge in [-0.15, -0.1) is 11.8 Å². The number of ether oxygens (including phenoxy) is 2. The van der Waals surface area contributed by atoms with Crippen molar-refractivity contribution in [1.29, 1.82) is 0 Å². The highest BCUT2D eigenvalue weighted by atomic mass is 32.2. The van der Waals surface area contributed by atoms with Crippen LogP contribution in [0.5, 0.6) is 0 Å². The second kappa shape index (κ2) is 8.78. The molecule has 2 aliphatic rings. The number of carbonyl (C=O) groups is 1. The Balaban J connectivity index is 1.53. The summed E-state index contributed by atoms with van der Waals surface area (Å²) in [4.78, 5) is 16.9. The Kier molecular flexibility index (Phi) is 6.69. The van der Waals surface area contributed by atoms with Crippen molar-refractivity contribution in [2.75, 3.05) is 5.75 Å². The van der Waals surface area contributed by atoms with E-state index in [9.17, 15) is 4.79 Å². The summed E-state index contributed by atoms with van der Waals surface area (Å²) in [5.74, 6) is 2.19. The largest absolute Gasteiger partial charge is 0.459 e. The molecule has 5 atom stereocenters. The highest BCUT2D eigenvalue weighted by Gasteiger charge is 2.38. The number of rotatable bonds is 5. The summed E-state index contributed by atoms with van der Waals surface area (Å²) in [6.07, 6.45) is 5.15. The average molecular weight is 382 g/mol. The van der Waals surface area contributed by atoms with Crippen molar-refractivity contribution in [3.8, 4) is 0 Å². The van der Waals surface area contributed by atoms with E-state index in [0.29, 0.717) is 17.8 Å². The average Bonchev–Trinajstić information content (AvgIpc) is 3.04. The van der Waals surface area contributed by atoms with Gasteiger partial charge in [-0.3, -0.25) is 0 Å². The van der Waals surface area contributed by atoms with E-state index >= 15 is 0 Å². The molecule has 138 valence electrons. The van der Waals surface area contributed by atoms with E-state index in [1.165, 1.54) is 18.2 Å². The molecule has 4 nitrogen and oxygen atoms in total. The molecule has 0 N–H and O–H groups in total. The van der Waals surface area contributed by atoms with E-state index in [0.717, 1.165) is 23.6 Å². The first-order chi connectivity index (χ1) is 12.0. The second-order valence-corrected chi connectivity index (χ2v) is 9.59. The summed E-state index contributed by atoms with van der Waals surface area (Å²) in [7, 11) is 0. The molecule has 2 heterocycles. The topological polar surface area (TPSA) is 48.4 Å². The predicted octanol–water partition coefficient (Wildman–Crippen LogP) is 4.59. The number of esters is 1. The first kappa shape index (κ1) is 19.1. The summed E-state index contributed by atoms with van der Waals surface area (Å²) < 4.78 is 11.8. The van der Waals surface area contributed by atoms with Crippen LogP contribution in [-0.2, 0) is 14.3 Å². The summed E-state index contributed by atoms with van der Waals surface area (Å²) >= 11 is 3.09. The Hall–Kier alpha value is -0.720. The SMILES string of the molecule is CC(C)[C@@H]1CC[C@@H](C)C[C@H]1OC(=O)[C@H]1OC(Sc2ccccn2)CS1. The standard InChI is InChI=1S/C19H27NO3S2/c1-12(2)14-8-7-13(3)10-15(14)22-18(21)19-23-17(11-24-19)25-16-6-4-5-9-20-16/h4-6,9,12-15,17,19H,7-8,10-11H2,1-3H3/t13-,14+,15-,17?,19+/m1/s1. The molecule has 0 aromatic carbocycles. The second-order valence-electron chi connectivity index (χ2n) is 7.32. The van der Waals surface area contributed by atoms with Gasteiger partial charge >= 0.3 is 5.97 Å². The maximum atomic E-state index is 12.6. The molecular weight excluding hydrogens is 354 g/mol. The lowest BCUT2D eigenvalue weighted by Crippen LogP contribution is -2.38. The molecule has 1 aliphatic heterocycles. The summed E-state index contributed by atoms with van der Waals surface area (Å²) in [5, 5.41) is 0.920. The van der Waals surface area contributed by atoms with Crippen LogP contribution >= 0.6 is 23.5 Å². The number of hydrogen-bond donors (Lipinski definition) is 0. The molecule has 0 radical (unpaired) electrons. The van der Waals surface area contributed by atoms with Crippen molar-refractivity contribution in [2.24, 2.45) is 17.8 Å². The van der Waals surface area contributed by atoms with E-state index in [-0.39, 0.29) is 17.5 Å². The zero-order valence-electron chi connectivity index (χ0n) is 15.1. The van der Waals surface area contributed by atoms with Crippen LogP contribution < -0.4 is 0 Å². The van der Waals surface area contributed by atoms with E-state index in [1.54, 1.807) is 18.0 Å². The van der Waals surface area contributed by atoms with Crippen molar-refractivity contribution < 1.29 is 14.3 Å². The molecule has 1 unspecified atom stereocenters. The third-order valence-corrected chi connectivity index (χ3v) is 7.31. The van der Waals surface area contributed by atoms with Gasteiger partial charge in [0.25, 0.3) is 0 Å². The molecule has 1 saturated carbocycles. The van der Waals surface area contributed by atoms with Crippen LogP contribution in [0.1, 0.15) is 40.0 Å². The third-order valence-electron chi connectivity index (χ3n) is 4.97. The Morgan fingerprint density at radius 3 is 2.96 bits per heavy atom. The number of aromatic nitrogens is 1. The van der Waals surface area contributed by atoms with Crippen molar-refractivity contribution in [3.63, 3.8) is 0 Å². The van der Waals surface area contributed by atoms with Gasteiger partial charge in [-0.2, -0.15) is 0 Å². The van der Waals surface area contributed by atoms with Crippen molar-refractivity contribution in [2.45, 2.75) is 62.0 Å². The van der Waals surface area contributed by atoms with Gasteiger partial charge in [-0.05, 0) is 42.7 Å². The summed E-state index contributed by atoms with van der Waals surface area (Å²) in [6.45, 7) is 6.70. The maximum absolute atomic E-state index is 12.6. The first-order valence-electron chi connectivity index (χ1n) is 9.08. The molecule has 6 heteroatoms. The monoisotopic (exact) mass is 381 g/mol. The lowest BCUT2D eigenvalue weighted by Gasteiger charge is -2.37. The normalized spacial score (nSPS) is 32.7. The first-order valence-corrected chi connectivity index (χ1v) is 11.0. The molecule has 1 aromatic heterocycles. The van der Waals surface area contributed by atoms with Gasteiger partial charge in [0.05, 0.1) is 5.03 Å². The number of thioether (sulfide) groups is 2. The minimum atomic E-state index is -0.508. The molecule has 25 heavy (non-hydrogen) atoms. The van der Waals surface area contributed by atoms with Crippen LogP contribution in [0.25, 0.3) is 0 Å². The zero-order chi connectivity index (χ0) is 17.8. The van der Waals surface area contributed by atoms with Gasteiger partial charge < -0.3 is 9.47 Å². The summed E-state index contributed by atoms with van der Waals surface area (Å²) in [5.41, 5.74) is -0.560. The van der Waals surface area contributed by atoms with E-state index in [4.69, 9.17) is 9.47 Å².